The highest BCUT2D eigenvalue weighted by molar-refractivity contribution is 7.13. The van der Waals surface area contributed by atoms with Crippen LogP contribution in [0.25, 0.3) is 10.7 Å². The number of rotatable bonds is 5. The molecule has 0 unspecified atom stereocenters. The van der Waals surface area contributed by atoms with Crippen molar-refractivity contribution in [3.8, 4) is 10.7 Å². The van der Waals surface area contributed by atoms with Crippen LogP contribution in [-0.2, 0) is 17.9 Å². The first-order valence-electron chi connectivity index (χ1n) is 6.55. The monoisotopic (exact) mass is 317 g/mol. The molecule has 0 fully saturated rings. The first kappa shape index (κ1) is 14.0. The number of carbonyl (C=O) groups is 1. The maximum absolute atomic E-state index is 12.3. The van der Waals surface area contributed by atoms with Gasteiger partial charge in [0, 0.05) is 24.3 Å². The van der Waals surface area contributed by atoms with Gasteiger partial charge in [0.1, 0.15) is 12.4 Å². The summed E-state index contributed by atoms with van der Waals surface area (Å²) in [5.41, 5.74) is 0. The maximum atomic E-state index is 12.3. The maximum Gasteiger partial charge on any atom is 0.242 e. The van der Waals surface area contributed by atoms with Crippen LogP contribution in [0.2, 0.25) is 0 Å². The van der Waals surface area contributed by atoms with E-state index in [-0.39, 0.29) is 5.91 Å². The second kappa shape index (κ2) is 6.24. The van der Waals surface area contributed by atoms with E-state index in [9.17, 15) is 4.79 Å². The van der Waals surface area contributed by atoms with Crippen molar-refractivity contribution in [1.82, 2.24) is 14.5 Å². The molecule has 0 radical (unpaired) electrons. The van der Waals surface area contributed by atoms with Gasteiger partial charge >= 0.3 is 0 Å². The highest BCUT2D eigenvalue weighted by Crippen LogP contribution is 2.23. The fraction of sp³-hybridized carbons (Fsp3) is 0.200. The summed E-state index contributed by atoms with van der Waals surface area (Å²) in [6.45, 7) is 0.967. The third kappa shape index (κ3) is 3.22. The molecule has 3 aromatic rings. The molecule has 3 aromatic heterocycles. The topological polar surface area (TPSA) is 38.1 Å². The molecule has 21 heavy (non-hydrogen) atoms. The molecule has 0 aliphatic rings. The molecule has 0 saturated carbocycles. The van der Waals surface area contributed by atoms with Crippen molar-refractivity contribution in [2.45, 2.75) is 13.1 Å². The van der Waals surface area contributed by atoms with E-state index in [0.717, 1.165) is 10.7 Å². The van der Waals surface area contributed by atoms with E-state index in [1.165, 1.54) is 4.88 Å². The van der Waals surface area contributed by atoms with Gasteiger partial charge in [0.15, 0.2) is 0 Å². The van der Waals surface area contributed by atoms with E-state index in [1.807, 2.05) is 52.8 Å². The third-order valence-electron chi connectivity index (χ3n) is 3.16. The lowest BCUT2D eigenvalue weighted by Gasteiger charge is -2.17. The van der Waals surface area contributed by atoms with Crippen LogP contribution in [0.1, 0.15) is 4.88 Å². The number of hydrogen-bond acceptors (Lipinski definition) is 4. The molecule has 0 bridgehead atoms. The normalized spacial score (nSPS) is 10.7. The van der Waals surface area contributed by atoms with E-state index in [2.05, 4.69) is 4.98 Å². The Hall–Kier alpha value is -1.92. The Labute approximate surface area is 131 Å². The number of carbonyl (C=O) groups excluding carboxylic acids is 1. The van der Waals surface area contributed by atoms with Crippen molar-refractivity contribution in [2.75, 3.05) is 7.05 Å². The minimum absolute atomic E-state index is 0.0826. The molecule has 3 rings (SSSR count). The van der Waals surface area contributed by atoms with E-state index in [1.54, 1.807) is 33.8 Å². The Balaban J connectivity index is 1.69. The smallest absolute Gasteiger partial charge is 0.242 e. The standard InChI is InChI=1S/C15H15N3OS2/c1-17(10-12-4-2-8-20-12)14(19)11-18-7-6-16-15(18)13-5-3-9-21-13/h2-9H,10-11H2,1H3. The van der Waals surface area contributed by atoms with Gasteiger partial charge in [0.25, 0.3) is 0 Å². The number of amides is 1. The predicted molar refractivity (Wildman–Crippen MR) is 86.3 cm³/mol. The zero-order valence-electron chi connectivity index (χ0n) is 11.6. The summed E-state index contributed by atoms with van der Waals surface area (Å²) < 4.78 is 1.90. The highest BCUT2D eigenvalue weighted by Gasteiger charge is 2.14. The summed E-state index contributed by atoms with van der Waals surface area (Å²) in [6.07, 6.45) is 3.59. The van der Waals surface area contributed by atoms with Crippen LogP contribution in [-0.4, -0.2) is 27.4 Å². The summed E-state index contributed by atoms with van der Waals surface area (Å²) in [4.78, 5) is 20.7. The lowest BCUT2D eigenvalue weighted by molar-refractivity contribution is -0.131. The molecule has 6 heteroatoms. The Morgan fingerprint density at radius 1 is 1.29 bits per heavy atom. The fourth-order valence-corrected chi connectivity index (χ4v) is 3.55. The van der Waals surface area contributed by atoms with Gasteiger partial charge in [-0.2, -0.15) is 0 Å². The van der Waals surface area contributed by atoms with Crippen LogP contribution >= 0.6 is 22.7 Å². The first-order chi connectivity index (χ1) is 10.2. The summed E-state index contributed by atoms with van der Waals surface area (Å²) in [7, 11) is 1.84. The van der Waals surface area contributed by atoms with Crippen molar-refractivity contribution in [2.24, 2.45) is 0 Å². The van der Waals surface area contributed by atoms with Crippen LogP contribution in [0.5, 0.6) is 0 Å². The van der Waals surface area contributed by atoms with Crippen LogP contribution in [0.3, 0.4) is 0 Å². The molecule has 108 valence electrons. The van der Waals surface area contributed by atoms with Crippen LogP contribution < -0.4 is 0 Å². The van der Waals surface area contributed by atoms with Crippen molar-refractivity contribution in [3.05, 3.63) is 52.3 Å². The number of nitrogens with zero attached hydrogens (tertiary/aromatic N) is 3. The largest absolute Gasteiger partial charge is 0.339 e. The lowest BCUT2D eigenvalue weighted by atomic mass is 10.4. The lowest BCUT2D eigenvalue weighted by Crippen LogP contribution is -2.29. The van der Waals surface area contributed by atoms with Gasteiger partial charge in [-0.25, -0.2) is 4.98 Å². The molecule has 0 aliphatic carbocycles. The summed E-state index contributed by atoms with van der Waals surface area (Å²) in [5, 5.41) is 4.04. The molecule has 0 N–H and O–H groups in total. The zero-order valence-corrected chi connectivity index (χ0v) is 13.2. The van der Waals surface area contributed by atoms with E-state index >= 15 is 0 Å². The molecular weight excluding hydrogens is 302 g/mol. The fourth-order valence-electron chi connectivity index (χ4n) is 2.06. The molecular formula is C15H15N3OS2. The summed E-state index contributed by atoms with van der Waals surface area (Å²) in [6, 6.07) is 8.05. The number of likely N-dealkylation sites (N-methyl/N-ethyl adjacent to an activating group) is 1. The van der Waals surface area contributed by atoms with Gasteiger partial charge in [-0.3, -0.25) is 4.79 Å². The van der Waals surface area contributed by atoms with E-state index in [0.29, 0.717) is 13.1 Å². The Morgan fingerprint density at radius 2 is 2.10 bits per heavy atom. The van der Waals surface area contributed by atoms with Crippen molar-refractivity contribution >= 4 is 28.6 Å². The summed E-state index contributed by atoms with van der Waals surface area (Å²) >= 11 is 3.29. The quantitative estimate of drug-likeness (QED) is 0.724. The van der Waals surface area contributed by atoms with Crippen molar-refractivity contribution < 1.29 is 4.79 Å². The van der Waals surface area contributed by atoms with Gasteiger partial charge in [0.2, 0.25) is 5.91 Å². The van der Waals surface area contributed by atoms with E-state index < -0.39 is 0 Å². The molecule has 4 nitrogen and oxygen atoms in total. The predicted octanol–water partition coefficient (Wildman–Crippen LogP) is 3.33. The molecule has 0 spiro atoms. The summed E-state index contributed by atoms with van der Waals surface area (Å²) in [5.74, 6) is 0.932. The van der Waals surface area contributed by atoms with Crippen LogP contribution in [0, 0.1) is 0 Å². The van der Waals surface area contributed by atoms with Gasteiger partial charge in [-0.05, 0) is 22.9 Å². The SMILES string of the molecule is CN(Cc1cccs1)C(=O)Cn1ccnc1-c1cccs1. The molecule has 1 amide bonds. The average molecular weight is 317 g/mol. The van der Waals surface area contributed by atoms with Crippen LogP contribution in [0.15, 0.2) is 47.4 Å². The molecule has 0 saturated heterocycles. The van der Waals surface area contributed by atoms with E-state index in [4.69, 9.17) is 0 Å². The number of hydrogen-bond donors (Lipinski definition) is 0. The zero-order chi connectivity index (χ0) is 14.7. The molecule has 0 aliphatic heterocycles. The molecule has 3 heterocycles. The van der Waals surface area contributed by atoms with Gasteiger partial charge in [-0.15, -0.1) is 22.7 Å². The Kier molecular flexibility index (Phi) is 4.17. The van der Waals surface area contributed by atoms with Crippen molar-refractivity contribution in [3.63, 3.8) is 0 Å². The Bertz CT molecular complexity index is 701. The van der Waals surface area contributed by atoms with Crippen molar-refractivity contribution in [1.29, 1.82) is 0 Å². The van der Waals surface area contributed by atoms with Crippen LogP contribution in [0.4, 0.5) is 0 Å². The minimum atomic E-state index is 0.0826. The van der Waals surface area contributed by atoms with Gasteiger partial charge in [-0.1, -0.05) is 12.1 Å². The number of aromatic nitrogens is 2. The number of imidazole rings is 1. The number of thiophene rings is 2. The second-order valence-corrected chi connectivity index (χ2v) is 6.67. The van der Waals surface area contributed by atoms with Gasteiger partial charge < -0.3 is 9.47 Å². The Morgan fingerprint density at radius 3 is 2.81 bits per heavy atom. The highest BCUT2D eigenvalue weighted by atomic mass is 32.1. The second-order valence-electron chi connectivity index (χ2n) is 4.69. The van der Waals surface area contributed by atoms with Gasteiger partial charge in [0.05, 0.1) is 11.4 Å². The average Bonchev–Trinajstić information content (AvgIpc) is 3.20. The molecule has 0 atom stereocenters. The minimum Gasteiger partial charge on any atom is -0.339 e. The third-order valence-corrected chi connectivity index (χ3v) is 4.89. The first-order valence-corrected chi connectivity index (χ1v) is 8.31. The molecule has 0 aromatic carbocycles.